The van der Waals surface area contributed by atoms with Gasteiger partial charge in [0.05, 0.1) is 10.8 Å². The highest BCUT2D eigenvalue weighted by Crippen LogP contribution is 2.55. The fourth-order valence-corrected chi connectivity index (χ4v) is 1.90. The Kier molecular flexibility index (Phi) is 2.08. The van der Waals surface area contributed by atoms with Gasteiger partial charge in [0.15, 0.2) is 0 Å². The van der Waals surface area contributed by atoms with Crippen LogP contribution in [0.5, 0.6) is 0 Å². The van der Waals surface area contributed by atoms with E-state index in [0.29, 0.717) is 5.56 Å². The summed E-state index contributed by atoms with van der Waals surface area (Å²) in [7, 11) is -4.74. The zero-order valence-electron chi connectivity index (χ0n) is 7.45. The molecule has 1 aliphatic carbocycles. The summed E-state index contributed by atoms with van der Waals surface area (Å²) in [5.74, 6) is -3.55. The average molecular weight is 236 g/mol. The van der Waals surface area contributed by atoms with Crippen molar-refractivity contribution in [1.82, 2.24) is 0 Å². The van der Waals surface area contributed by atoms with Gasteiger partial charge in [-0.3, -0.25) is 0 Å². The molecule has 0 aromatic heterocycles. The number of alkyl halides is 2. The molecule has 1 aliphatic rings. The van der Waals surface area contributed by atoms with Gasteiger partial charge in [0.2, 0.25) is 0 Å². The Hall–Kier alpha value is -1.04. The van der Waals surface area contributed by atoms with E-state index in [1.807, 2.05) is 0 Å². The van der Waals surface area contributed by atoms with Crippen LogP contribution in [0.2, 0.25) is 0 Å². The normalized spacial score (nSPS) is 23.8. The van der Waals surface area contributed by atoms with E-state index >= 15 is 0 Å². The summed E-state index contributed by atoms with van der Waals surface area (Å²) in [5, 5.41) is 0. The maximum absolute atomic E-state index is 12.6. The van der Waals surface area contributed by atoms with Gasteiger partial charge in [0, 0.05) is 6.42 Å². The lowest BCUT2D eigenvalue weighted by Crippen LogP contribution is -1.95. The molecule has 1 atom stereocenters. The van der Waals surface area contributed by atoms with Crippen molar-refractivity contribution in [2.45, 2.75) is 23.2 Å². The van der Waals surface area contributed by atoms with Crippen LogP contribution in [0.3, 0.4) is 0 Å². The molecule has 0 heterocycles. The molecular weight excluding hydrogens is 229 g/mol. The topological polar surface area (TPSA) is 34.1 Å². The first-order valence-corrected chi connectivity index (χ1v) is 5.61. The molecule has 0 saturated heterocycles. The van der Waals surface area contributed by atoms with E-state index in [-0.39, 0.29) is 6.42 Å². The highest BCUT2D eigenvalue weighted by molar-refractivity contribution is 7.86. The molecule has 0 aliphatic heterocycles. The van der Waals surface area contributed by atoms with Crippen LogP contribution in [0.15, 0.2) is 29.2 Å². The van der Waals surface area contributed by atoms with Crippen LogP contribution >= 0.6 is 0 Å². The molecule has 0 spiro atoms. The van der Waals surface area contributed by atoms with Crippen LogP contribution in [0.4, 0.5) is 12.7 Å². The van der Waals surface area contributed by atoms with Crippen LogP contribution in [-0.4, -0.2) is 14.3 Å². The molecule has 1 unspecified atom stereocenters. The largest absolute Gasteiger partial charge is 0.332 e. The second-order valence-electron chi connectivity index (χ2n) is 3.52. The third-order valence-electron chi connectivity index (χ3n) is 2.39. The lowest BCUT2D eigenvalue weighted by atomic mass is 10.1. The summed E-state index contributed by atoms with van der Waals surface area (Å²) < 4.78 is 58.6. The summed E-state index contributed by atoms with van der Waals surface area (Å²) in [6.45, 7) is 0. The number of benzene rings is 1. The molecule has 0 amide bonds. The molecule has 0 bridgehead atoms. The van der Waals surface area contributed by atoms with Gasteiger partial charge in [0.25, 0.3) is 5.92 Å². The zero-order valence-corrected chi connectivity index (χ0v) is 8.27. The maximum atomic E-state index is 12.6. The summed E-state index contributed by atoms with van der Waals surface area (Å²) >= 11 is 0. The zero-order chi connectivity index (χ0) is 11.3. The first-order chi connectivity index (χ1) is 6.81. The van der Waals surface area contributed by atoms with Gasteiger partial charge in [-0.15, -0.1) is 3.89 Å². The van der Waals surface area contributed by atoms with E-state index in [1.165, 1.54) is 12.1 Å². The molecule has 0 N–H and O–H groups in total. The van der Waals surface area contributed by atoms with Gasteiger partial charge < -0.3 is 0 Å². The summed E-state index contributed by atoms with van der Waals surface area (Å²) in [4.78, 5) is -0.504. The highest BCUT2D eigenvalue weighted by atomic mass is 32.3. The molecule has 2 nitrogen and oxygen atoms in total. The molecule has 2 rings (SSSR count). The predicted molar refractivity (Wildman–Crippen MR) is 47.0 cm³/mol. The standard InChI is InChI=1S/C9H7F3O2S/c10-9(11)5-8(9)6-1-3-7(4-2-6)15(12,13)14/h1-4,8H,5H2. The minimum Gasteiger partial charge on any atom is -0.206 e. The summed E-state index contributed by atoms with van der Waals surface area (Å²) in [6.07, 6.45) is -0.227. The molecule has 15 heavy (non-hydrogen) atoms. The Morgan fingerprint density at radius 2 is 1.67 bits per heavy atom. The van der Waals surface area contributed by atoms with Crippen LogP contribution < -0.4 is 0 Å². The second-order valence-corrected chi connectivity index (χ2v) is 4.87. The quantitative estimate of drug-likeness (QED) is 0.739. The van der Waals surface area contributed by atoms with Gasteiger partial charge >= 0.3 is 10.2 Å². The van der Waals surface area contributed by atoms with Crippen molar-refractivity contribution in [1.29, 1.82) is 0 Å². The van der Waals surface area contributed by atoms with Crippen molar-refractivity contribution in [2.75, 3.05) is 0 Å². The Labute approximate surface area is 84.9 Å². The van der Waals surface area contributed by atoms with Crippen LogP contribution in [0.1, 0.15) is 17.9 Å². The molecule has 82 valence electrons. The van der Waals surface area contributed by atoms with E-state index in [2.05, 4.69) is 0 Å². The first-order valence-electron chi connectivity index (χ1n) is 4.23. The van der Waals surface area contributed by atoms with E-state index < -0.39 is 27.0 Å². The lowest BCUT2D eigenvalue weighted by molar-refractivity contribution is 0.112. The Morgan fingerprint density at radius 1 is 1.20 bits per heavy atom. The Balaban J connectivity index is 2.27. The van der Waals surface area contributed by atoms with Crippen molar-refractivity contribution in [2.24, 2.45) is 0 Å². The monoisotopic (exact) mass is 236 g/mol. The third-order valence-corrected chi connectivity index (χ3v) is 3.23. The summed E-state index contributed by atoms with van der Waals surface area (Å²) in [6, 6.07) is 4.44. The summed E-state index contributed by atoms with van der Waals surface area (Å²) in [5.41, 5.74) is 0.340. The van der Waals surface area contributed by atoms with Crippen molar-refractivity contribution in [3.05, 3.63) is 29.8 Å². The third kappa shape index (κ3) is 1.99. The minimum absolute atomic E-state index is 0.227. The average Bonchev–Trinajstić information content (AvgIpc) is 2.74. The van der Waals surface area contributed by atoms with E-state index in [9.17, 15) is 21.1 Å². The van der Waals surface area contributed by atoms with Crippen LogP contribution in [0.25, 0.3) is 0 Å². The van der Waals surface area contributed by atoms with E-state index in [0.717, 1.165) is 12.1 Å². The number of hydrogen-bond donors (Lipinski definition) is 0. The van der Waals surface area contributed by atoms with Crippen molar-refractivity contribution >= 4 is 10.2 Å². The van der Waals surface area contributed by atoms with Gasteiger partial charge in [0.1, 0.15) is 0 Å². The number of rotatable bonds is 2. The van der Waals surface area contributed by atoms with Crippen molar-refractivity contribution in [3.63, 3.8) is 0 Å². The molecule has 1 saturated carbocycles. The Morgan fingerprint density at radius 3 is 2.00 bits per heavy atom. The molecule has 1 aromatic rings. The minimum atomic E-state index is -4.74. The maximum Gasteiger partial charge on any atom is 0.332 e. The van der Waals surface area contributed by atoms with E-state index in [1.54, 1.807) is 0 Å². The molecule has 0 radical (unpaired) electrons. The van der Waals surface area contributed by atoms with Gasteiger partial charge in [-0.25, -0.2) is 8.78 Å². The van der Waals surface area contributed by atoms with Crippen LogP contribution in [-0.2, 0) is 10.2 Å². The molecular formula is C9H7F3O2S. The molecule has 1 fully saturated rings. The fraction of sp³-hybridized carbons (Fsp3) is 0.333. The van der Waals surface area contributed by atoms with Gasteiger partial charge in [-0.05, 0) is 17.7 Å². The number of hydrogen-bond acceptors (Lipinski definition) is 2. The van der Waals surface area contributed by atoms with Gasteiger partial charge in [-0.2, -0.15) is 8.42 Å². The first kappa shape index (κ1) is 10.5. The smallest absolute Gasteiger partial charge is 0.206 e. The van der Waals surface area contributed by atoms with Crippen molar-refractivity contribution < 1.29 is 21.1 Å². The molecule has 6 heteroatoms. The SMILES string of the molecule is O=S(=O)(F)c1ccc(C2CC2(F)F)cc1. The van der Waals surface area contributed by atoms with Crippen molar-refractivity contribution in [3.8, 4) is 0 Å². The second kappa shape index (κ2) is 2.98. The van der Waals surface area contributed by atoms with Gasteiger partial charge in [-0.1, -0.05) is 12.1 Å². The van der Waals surface area contributed by atoms with Crippen LogP contribution in [0, 0.1) is 0 Å². The number of halogens is 3. The Bertz CT molecular complexity index is 479. The lowest BCUT2D eigenvalue weighted by Gasteiger charge is -2.00. The highest BCUT2D eigenvalue weighted by Gasteiger charge is 2.57. The van der Waals surface area contributed by atoms with E-state index in [4.69, 9.17) is 0 Å². The predicted octanol–water partition coefficient (Wildman–Crippen LogP) is 2.47. The molecule has 1 aromatic carbocycles. The fourth-order valence-electron chi connectivity index (χ4n) is 1.44.